The molecular weight excluding hydrogens is 262 g/mol. The number of benzene rings is 1. The molecule has 1 aromatic rings. The van der Waals surface area contributed by atoms with Gasteiger partial charge in [0.25, 0.3) is 0 Å². The number of hydrogen-bond acceptors (Lipinski definition) is 3. The normalized spacial score (nSPS) is 11.5. The summed E-state index contributed by atoms with van der Waals surface area (Å²) in [7, 11) is -3.53. The van der Waals surface area contributed by atoms with Gasteiger partial charge in [-0.15, -0.1) is 13.2 Å². The quantitative estimate of drug-likeness (QED) is 0.736. The second-order valence-electron chi connectivity index (χ2n) is 4.02. The zero-order valence-corrected chi connectivity index (χ0v) is 11.6. The third-order valence-electron chi connectivity index (χ3n) is 2.63. The number of nitrogens with zero attached hydrogens (tertiary/aromatic N) is 1. The van der Waals surface area contributed by atoms with Crippen LogP contribution in [0.15, 0.2) is 54.5 Å². The third-order valence-corrected chi connectivity index (χ3v) is 4.47. The summed E-state index contributed by atoms with van der Waals surface area (Å²) in [6.07, 6.45) is 3.60. The van der Waals surface area contributed by atoms with Gasteiger partial charge in [-0.05, 0) is 24.1 Å². The molecule has 0 bridgehead atoms. The van der Waals surface area contributed by atoms with Crippen molar-refractivity contribution >= 4 is 10.0 Å². The van der Waals surface area contributed by atoms with E-state index in [0.717, 1.165) is 5.56 Å². The molecule has 0 fully saturated rings. The fourth-order valence-corrected chi connectivity index (χ4v) is 3.05. The molecule has 0 radical (unpaired) electrons. The predicted octanol–water partition coefficient (Wildman–Crippen LogP) is 1.58. The maximum Gasteiger partial charge on any atom is 0.243 e. The second-order valence-corrected chi connectivity index (χ2v) is 5.95. The Kier molecular flexibility index (Phi) is 5.95. The lowest BCUT2D eigenvalue weighted by atomic mass is 10.2. The van der Waals surface area contributed by atoms with Gasteiger partial charge in [-0.2, -0.15) is 4.31 Å². The van der Waals surface area contributed by atoms with Crippen LogP contribution in [-0.4, -0.2) is 37.5 Å². The maximum atomic E-state index is 12.4. The molecule has 19 heavy (non-hydrogen) atoms. The summed E-state index contributed by atoms with van der Waals surface area (Å²) < 4.78 is 26.0. The Morgan fingerprint density at radius 3 is 2.05 bits per heavy atom. The van der Waals surface area contributed by atoms with E-state index in [4.69, 9.17) is 5.11 Å². The highest BCUT2D eigenvalue weighted by atomic mass is 32.2. The lowest BCUT2D eigenvalue weighted by molar-refractivity contribution is 0.299. The molecule has 0 saturated carbocycles. The van der Waals surface area contributed by atoms with Crippen LogP contribution in [0.25, 0.3) is 0 Å². The zero-order chi connectivity index (χ0) is 14.3. The summed E-state index contributed by atoms with van der Waals surface area (Å²) in [5.41, 5.74) is 0.903. The third kappa shape index (κ3) is 4.02. The van der Waals surface area contributed by atoms with E-state index in [1.54, 1.807) is 36.4 Å². The lowest BCUT2D eigenvalue weighted by Gasteiger charge is -2.19. The first-order valence-electron chi connectivity index (χ1n) is 5.98. The average molecular weight is 281 g/mol. The Hall–Kier alpha value is -1.43. The van der Waals surface area contributed by atoms with E-state index in [-0.39, 0.29) is 24.6 Å². The Bertz CT molecular complexity index is 510. The molecule has 0 heterocycles. The number of aliphatic hydroxyl groups is 1. The molecule has 0 atom stereocenters. The van der Waals surface area contributed by atoms with Gasteiger partial charge >= 0.3 is 0 Å². The van der Waals surface area contributed by atoms with Crippen molar-refractivity contribution in [3.05, 3.63) is 55.1 Å². The topological polar surface area (TPSA) is 57.6 Å². The minimum atomic E-state index is -3.53. The van der Waals surface area contributed by atoms with Crippen LogP contribution in [0.5, 0.6) is 0 Å². The molecule has 0 aliphatic rings. The fraction of sp³-hybridized carbons (Fsp3) is 0.286. The molecule has 4 nitrogen and oxygen atoms in total. The molecule has 1 aromatic carbocycles. The van der Waals surface area contributed by atoms with Crippen molar-refractivity contribution in [1.29, 1.82) is 0 Å². The highest BCUT2D eigenvalue weighted by molar-refractivity contribution is 7.89. The van der Waals surface area contributed by atoms with Crippen LogP contribution >= 0.6 is 0 Å². The molecule has 104 valence electrons. The second kappa shape index (κ2) is 7.23. The van der Waals surface area contributed by atoms with Gasteiger partial charge in [0.1, 0.15) is 0 Å². The number of rotatable bonds is 8. The van der Waals surface area contributed by atoms with Crippen molar-refractivity contribution in [3.8, 4) is 0 Å². The van der Waals surface area contributed by atoms with Gasteiger partial charge in [0, 0.05) is 19.7 Å². The first kappa shape index (κ1) is 15.6. The molecule has 0 aromatic heterocycles. The van der Waals surface area contributed by atoms with Gasteiger partial charge in [-0.25, -0.2) is 8.42 Å². The Morgan fingerprint density at radius 2 is 1.63 bits per heavy atom. The van der Waals surface area contributed by atoms with Gasteiger partial charge in [0.15, 0.2) is 0 Å². The molecule has 0 unspecified atom stereocenters. The van der Waals surface area contributed by atoms with Gasteiger partial charge in [0.2, 0.25) is 10.0 Å². The van der Waals surface area contributed by atoms with Crippen molar-refractivity contribution in [2.24, 2.45) is 0 Å². The minimum absolute atomic E-state index is 0.0468. The van der Waals surface area contributed by atoms with Crippen LogP contribution in [0.3, 0.4) is 0 Å². The van der Waals surface area contributed by atoms with Gasteiger partial charge < -0.3 is 5.11 Å². The van der Waals surface area contributed by atoms with E-state index < -0.39 is 10.0 Å². The zero-order valence-electron chi connectivity index (χ0n) is 10.8. The van der Waals surface area contributed by atoms with Crippen molar-refractivity contribution in [2.45, 2.75) is 11.3 Å². The standard InChI is InChI=1S/C14H19NO3S/c1-3-10-15(11-4-2)19(17,18)14-7-5-13(6-8-14)9-12-16/h3-8,16H,1-2,9-12H2. The van der Waals surface area contributed by atoms with Crippen molar-refractivity contribution < 1.29 is 13.5 Å². The summed E-state index contributed by atoms with van der Waals surface area (Å²) in [6, 6.07) is 6.53. The van der Waals surface area contributed by atoms with E-state index in [0.29, 0.717) is 6.42 Å². The van der Waals surface area contributed by atoms with Crippen LogP contribution in [0.4, 0.5) is 0 Å². The summed E-state index contributed by atoms with van der Waals surface area (Å²) >= 11 is 0. The largest absolute Gasteiger partial charge is 0.396 e. The SMILES string of the molecule is C=CCN(CC=C)S(=O)(=O)c1ccc(CCO)cc1. The molecular formula is C14H19NO3S. The highest BCUT2D eigenvalue weighted by Crippen LogP contribution is 2.16. The van der Waals surface area contributed by atoms with Crippen LogP contribution in [0.1, 0.15) is 5.56 Å². The maximum absolute atomic E-state index is 12.4. The van der Waals surface area contributed by atoms with E-state index in [1.807, 2.05) is 0 Å². The summed E-state index contributed by atoms with van der Waals surface area (Å²) in [4.78, 5) is 0.234. The van der Waals surface area contributed by atoms with Gasteiger partial charge in [-0.1, -0.05) is 24.3 Å². The fourth-order valence-electron chi connectivity index (χ4n) is 1.67. The Balaban J connectivity index is 3.03. The van der Waals surface area contributed by atoms with Crippen LogP contribution < -0.4 is 0 Å². The molecule has 0 saturated heterocycles. The molecule has 0 aliphatic heterocycles. The Labute approximate surface area is 114 Å². The summed E-state index contributed by atoms with van der Waals surface area (Å²) in [5, 5.41) is 8.83. The highest BCUT2D eigenvalue weighted by Gasteiger charge is 2.21. The van der Waals surface area contributed by atoms with E-state index in [1.165, 1.54) is 4.31 Å². The van der Waals surface area contributed by atoms with Crippen LogP contribution in [-0.2, 0) is 16.4 Å². The van der Waals surface area contributed by atoms with Gasteiger partial charge in [0.05, 0.1) is 4.90 Å². The van der Waals surface area contributed by atoms with Crippen molar-refractivity contribution in [1.82, 2.24) is 4.31 Å². The number of sulfonamides is 1. The smallest absolute Gasteiger partial charge is 0.243 e. The number of hydrogen-bond donors (Lipinski definition) is 1. The van der Waals surface area contributed by atoms with Crippen LogP contribution in [0.2, 0.25) is 0 Å². The van der Waals surface area contributed by atoms with E-state index in [9.17, 15) is 8.42 Å². The van der Waals surface area contributed by atoms with E-state index in [2.05, 4.69) is 13.2 Å². The minimum Gasteiger partial charge on any atom is -0.396 e. The monoisotopic (exact) mass is 281 g/mol. The van der Waals surface area contributed by atoms with E-state index >= 15 is 0 Å². The Morgan fingerprint density at radius 1 is 1.11 bits per heavy atom. The summed E-state index contributed by atoms with van der Waals surface area (Å²) in [6.45, 7) is 7.65. The van der Waals surface area contributed by atoms with Gasteiger partial charge in [-0.3, -0.25) is 0 Å². The first-order valence-corrected chi connectivity index (χ1v) is 7.42. The molecule has 0 aliphatic carbocycles. The molecule has 0 spiro atoms. The van der Waals surface area contributed by atoms with Crippen molar-refractivity contribution in [2.75, 3.05) is 19.7 Å². The first-order chi connectivity index (χ1) is 9.06. The molecule has 1 rings (SSSR count). The molecule has 1 N–H and O–H groups in total. The average Bonchev–Trinajstić information content (AvgIpc) is 2.39. The summed E-state index contributed by atoms with van der Waals surface area (Å²) in [5.74, 6) is 0. The molecule has 0 amide bonds. The molecule has 5 heteroatoms. The lowest BCUT2D eigenvalue weighted by Crippen LogP contribution is -2.31. The van der Waals surface area contributed by atoms with Crippen molar-refractivity contribution in [3.63, 3.8) is 0 Å². The van der Waals surface area contributed by atoms with Crippen LogP contribution in [0, 0.1) is 0 Å². The predicted molar refractivity (Wildman–Crippen MR) is 76.4 cm³/mol. The number of aliphatic hydroxyl groups excluding tert-OH is 1.